The summed E-state index contributed by atoms with van der Waals surface area (Å²) in [5.74, 6) is 0. The van der Waals surface area contributed by atoms with Crippen LogP contribution in [0.1, 0.15) is 24.7 Å². The highest BCUT2D eigenvalue weighted by atomic mass is 15.0. The Kier molecular flexibility index (Phi) is 2.87. The van der Waals surface area contributed by atoms with Crippen LogP contribution in [0.2, 0.25) is 0 Å². The molecule has 2 aromatic heterocycles. The Morgan fingerprint density at radius 1 is 0.341 bits per heavy atom. The van der Waals surface area contributed by atoms with Crippen molar-refractivity contribution in [2.45, 2.75) is 0 Å². The molecule has 2 heterocycles. The number of hydrogen-bond donors (Lipinski definition) is 0. The molecule has 0 aliphatic carbocycles. The summed E-state index contributed by atoms with van der Waals surface area (Å²) in [5.41, 5.74) is -0.316. The van der Waals surface area contributed by atoms with Gasteiger partial charge in [0.25, 0.3) is 0 Å². The SMILES string of the molecule is [2H]c1ccc(-c2cc([2H])c(-n3c4c([2H])cc(-c5cc([2H])c6c(c5[2H])c5c([2H])c([2H])c([2H])c([2H])c5n6-c5c([2H])cc([2H])cc5[2H])c([2H])c4c4c([2H])c([2H])c([2H])c([2H])c43)c([2H])c2)cc1. The lowest BCUT2D eigenvalue weighted by molar-refractivity contribution is 1.18. The molecule has 0 amide bonds. The highest BCUT2D eigenvalue weighted by Gasteiger charge is 2.16. The molecule has 0 saturated heterocycles. The van der Waals surface area contributed by atoms with Crippen LogP contribution in [0.3, 0.4) is 0 Å². The van der Waals surface area contributed by atoms with E-state index in [0.717, 1.165) is 16.7 Å². The summed E-state index contributed by atoms with van der Waals surface area (Å²) < 4.78 is 162. The van der Waals surface area contributed by atoms with Crippen molar-refractivity contribution < 1.29 is 24.7 Å². The fourth-order valence-corrected chi connectivity index (χ4v) is 5.55. The predicted octanol–water partition coefficient (Wildman–Crippen LogP) is 11.2. The topological polar surface area (TPSA) is 9.86 Å². The first-order chi connectivity index (χ1) is 29.3. The second-order valence-electron chi connectivity index (χ2n) is 9.98. The maximum absolute atomic E-state index is 9.69. The number of para-hydroxylation sites is 3. The van der Waals surface area contributed by atoms with Gasteiger partial charge in [0, 0.05) is 32.9 Å². The third-order valence-corrected chi connectivity index (χ3v) is 7.53. The van der Waals surface area contributed by atoms with E-state index in [9.17, 15) is 5.48 Å². The molecule has 0 bridgehead atoms. The molecule has 0 N–H and O–H groups in total. The molecule has 0 radical (unpaired) electrons. The molecule has 7 aromatic carbocycles. The van der Waals surface area contributed by atoms with Gasteiger partial charge in [0.15, 0.2) is 0 Å². The first-order valence-corrected chi connectivity index (χ1v) is 13.6. The van der Waals surface area contributed by atoms with E-state index in [1.165, 1.54) is 28.8 Å². The summed E-state index contributed by atoms with van der Waals surface area (Å²) >= 11 is 0. The zero-order chi connectivity index (χ0) is 44.7. The lowest BCUT2D eigenvalue weighted by Gasteiger charge is -2.10. The Bertz CT molecular complexity index is 3450. The van der Waals surface area contributed by atoms with E-state index in [1.807, 2.05) is 0 Å². The van der Waals surface area contributed by atoms with Crippen molar-refractivity contribution in [3.05, 3.63) is 169 Å². The van der Waals surface area contributed by atoms with Crippen LogP contribution in [-0.2, 0) is 0 Å². The molecule has 0 atom stereocenters. The molecule has 0 saturated carbocycles. The average Bonchev–Trinajstić information content (AvgIpc) is 3.76. The van der Waals surface area contributed by atoms with Gasteiger partial charge in [-0.1, -0.05) is 109 Å². The average molecular weight is 579 g/mol. The van der Waals surface area contributed by atoms with Crippen molar-refractivity contribution in [3.63, 3.8) is 0 Å². The lowest BCUT2D eigenvalue weighted by atomic mass is 10.0. The first kappa shape index (κ1) is 12.8. The maximum atomic E-state index is 9.69. The zero-order valence-electron chi connectivity index (χ0n) is 40.7. The molecule has 9 aromatic rings. The summed E-state index contributed by atoms with van der Waals surface area (Å²) in [7, 11) is 0. The van der Waals surface area contributed by atoms with Gasteiger partial charge < -0.3 is 9.13 Å². The van der Waals surface area contributed by atoms with E-state index in [4.69, 9.17) is 19.2 Å². The third-order valence-electron chi connectivity index (χ3n) is 7.53. The Morgan fingerprint density at radius 3 is 1.34 bits per heavy atom. The van der Waals surface area contributed by atoms with Crippen LogP contribution in [0.15, 0.2) is 169 Å². The quantitative estimate of drug-likeness (QED) is 0.197. The van der Waals surface area contributed by atoms with Gasteiger partial charge in [0.2, 0.25) is 0 Å². The summed E-state index contributed by atoms with van der Waals surface area (Å²) in [6.07, 6.45) is 0. The molecule has 0 aliphatic rings. The standard InChI is InChI=1S/C42H28N2/c1-3-11-29(12-4-1)30-19-23-34(24-20-30)44-40-18-10-8-16-36(40)38-28-32(22-26-42(38)44)31-21-25-41-37(27-31)35-15-7-9-17-39(35)43(41)33-13-5-2-6-14-33/h1-28H/i1D,2D,7D,8D,9D,10D,13D,14D,15D,16D,17D,18D,23D,24D,25D,26D,27D,28D. The molecule has 2 nitrogen and oxygen atoms in total. The summed E-state index contributed by atoms with van der Waals surface area (Å²) in [5, 5.41) is -0.774. The minimum atomic E-state index is -0.657. The van der Waals surface area contributed by atoms with Gasteiger partial charge in [-0.3, -0.25) is 0 Å². The molecule has 0 aliphatic heterocycles. The van der Waals surface area contributed by atoms with Gasteiger partial charge in [0.05, 0.1) is 46.7 Å². The fourth-order valence-electron chi connectivity index (χ4n) is 5.55. The molecule has 206 valence electrons. The van der Waals surface area contributed by atoms with Gasteiger partial charge in [-0.05, 0) is 82.7 Å². The van der Waals surface area contributed by atoms with Crippen molar-refractivity contribution in [2.24, 2.45) is 0 Å². The van der Waals surface area contributed by atoms with Crippen LogP contribution in [0.5, 0.6) is 0 Å². The van der Waals surface area contributed by atoms with E-state index < -0.39 is 66.5 Å². The van der Waals surface area contributed by atoms with Gasteiger partial charge >= 0.3 is 0 Å². The van der Waals surface area contributed by atoms with Crippen molar-refractivity contribution in [1.29, 1.82) is 0 Å². The molecule has 0 unspecified atom stereocenters. The predicted molar refractivity (Wildman–Crippen MR) is 186 cm³/mol. The number of benzene rings is 7. The number of aromatic nitrogens is 2. The van der Waals surface area contributed by atoms with Gasteiger partial charge in [-0.2, -0.15) is 0 Å². The molecule has 9 rings (SSSR count). The van der Waals surface area contributed by atoms with Gasteiger partial charge in [0.1, 0.15) is 0 Å². The van der Waals surface area contributed by atoms with Gasteiger partial charge in [-0.15, -0.1) is 0 Å². The van der Waals surface area contributed by atoms with E-state index in [-0.39, 0.29) is 108 Å². The van der Waals surface area contributed by atoms with Crippen molar-refractivity contribution in [2.75, 3.05) is 0 Å². The molecular weight excluding hydrogens is 532 g/mol. The van der Waals surface area contributed by atoms with E-state index >= 15 is 0 Å². The van der Waals surface area contributed by atoms with E-state index in [0.29, 0.717) is 11.1 Å². The number of rotatable bonds is 4. The van der Waals surface area contributed by atoms with Crippen LogP contribution in [0.25, 0.3) is 77.2 Å². The molecule has 2 heteroatoms. The van der Waals surface area contributed by atoms with Crippen LogP contribution in [0.4, 0.5) is 0 Å². The Hall–Kier alpha value is -5.86. The van der Waals surface area contributed by atoms with E-state index in [1.54, 1.807) is 24.3 Å². The number of nitrogens with zero attached hydrogens (tertiary/aromatic N) is 2. The molecule has 0 spiro atoms. The van der Waals surface area contributed by atoms with Crippen molar-refractivity contribution >= 4 is 43.6 Å². The Balaban J connectivity index is 1.41. The largest absolute Gasteiger partial charge is 0.309 e. The highest BCUT2D eigenvalue weighted by molar-refractivity contribution is 6.12. The highest BCUT2D eigenvalue weighted by Crippen LogP contribution is 2.38. The normalized spacial score (nSPS) is 17.4. The summed E-state index contributed by atoms with van der Waals surface area (Å²) in [6.45, 7) is 0. The minimum absolute atomic E-state index is 0.137. The Labute approximate surface area is 281 Å². The molecular formula is C42H28N2. The third kappa shape index (κ3) is 3.82. The van der Waals surface area contributed by atoms with Crippen LogP contribution in [0, 0.1) is 0 Å². The summed E-state index contributed by atoms with van der Waals surface area (Å²) in [6, 6.07) is 6.32. The van der Waals surface area contributed by atoms with Crippen molar-refractivity contribution in [1.82, 2.24) is 9.13 Å². The van der Waals surface area contributed by atoms with Crippen LogP contribution in [-0.4, -0.2) is 9.13 Å². The fraction of sp³-hybridized carbons (Fsp3) is 0. The maximum Gasteiger partial charge on any atom is 0.0645 e. The Morgan fingerprint density at radius 2 is 0.773 bits per heavy atom. The first-order valence-electron chi connectivity index (χ1n) is 22.6. The molecule has 0 fully saturated rings. The number of fused-ring (bicyclic) bond motifs is 6. The van der Waals surface area contributed by atoms with E-state index in [2.05, 4.69) is 0 Å². The monoisotopic (exact) mass is 578 g/mol. The second-order valence-corrected chi connectivity index (χ2v) is 9.98. The van der Waals surface area contributed by atoms with Crippen LogP contribution >= 0.6 is 0 Å². The molecule has 44 heavy (non-hydrogen) atoms. The minimum Gasteiger partial charge on any atom is -0.309 e. The number of hydrogen-bond acceptors (Lipinski definition) is 0. The second kappa shape index (κ2) is 9.86. The zero-order valence-corrected chi connectivity index (χ0v) is 22.7. The van der Waals surface area contributed by atoms with Crippen molar-refractivity contribution in [3.8, 4) is 33.6 Å². The summed E-state index contributed by atoms with van der Waals surface area (Å²) in [4.78, 5) is 0. The lowest BCUT2D eigenvalue weighted by Crippen LogP contribution is -1.93. The smallest absolute Gasteiger partial charge is 0.0645 e. The van der Waals surface area contributed by atoms with Crippen LogP contribution < -0.4 is 0 Å². The van der Waals surface area contributed by atoms with Gasteiger partial charge in [-0.25, -0.2) is 0 Å².